The molecule has 3 rings (SSSR count). The normalized spacial score (nSPS) is 11.7. The number of amides is 1. The van der Waals surface area contributed by atoms with Crippen molar-refractivity contribution in [1.82, 2.24) is 19.9 Å². The van der Waals surface area contributed by atoms with Gasteiger partial charge >= 0.3 is 0 Å². The van der Waals surface area contributed by atoms with Crippen LogP contribution in [0.15, 0.2) is 54.9 Å². The number of hydrogen-bond donors (Lipinski definition) is 2. The van der Waals surface area contributed by atoms with Crippen molar-refractivity contribution in [3.05, 3.63) is 66.5 Å². The Morgan fingerprint density at radius 1 is 1.18 bits per heavy atom. The summed E-state index contributed by atoms with van der Waals surface area (Å²) in [7, 11) is 0. The van der Waals surface area contributed by atoms with Crippen LogP contribution in [0.2, 0.25) is 0 Å². The van der Waals surface area contributed by atoms with Crippen molar-refractivity contribution < 1.29 is 13.9 Å². The molecule has 7 nitrogen and oxygen atoms in total. The van der Waals surface area contributed by atoms with E-state index in [4.69, 9.17) is 4.74 Å². The Morgan fingerprint density at radius 2 is 1.93 bits per heavy atom. The second-order valence-electron chi connectivity index (χ2n) is 6.16. The van der Waals surface area contributed by atoms with E-state index in [1.807, 2.05) is 42.1 Å². The van der Waals surface area contributed by atoms with E-state index in [1.165, 1.54) is 12.1 Å². The fourth-order valence-corrected chi connectivity index (χ4v) is 2.57. The third-order valence-electron chi connectivity index (χ3n) is 3.93. The fourth-order valence-electron chi connectivity index (χ4n) is 2.57. The fraction of sp³-hybridized carbons (Fsp3) is 0.250. The third kappa shape index (κ3) is 5.06. The van der Waals surface area contributed by atoms with Crippen LogP contribution in [-0.2, 0) is 4.79 Å². The summed E-state index contributed by atoms with van der Waals surface area (Å²) in [5.74, 6) is 1.30. The second-order valence-corrected chi connectivity index (χ2v) is 6.16. The maximum atomic E-state index is 13.6. The number of anilines is 1. The average Bonchev–Trinajstić information content (AvgIpc) is 3.21. The lowest BCUT2D eigenvalue weighted by molar-refractivity contribution is -0.127. The Kier molecular flexibility index (Phi) is 6.21. The van der Waals surface area contributed by atoms with Gasteiger partial charge in [-0.1, -0.05) is 12.1 Å². The standard InChI is InChI=1S/C20H22FN5O2/c1-14(28-17-8-4-3-7-16(17)21)20(27)23-10-9-22-18-13-19(25-15(2)24-18)26-11-5-6-12-26/h3-8,11-14H,9-10H2,1-2H3,(H,23,27)(H,22,24,25). The van der Waals surface area contributed by atoms with Crippen LogP contribution in [0.3, 0.4) is 0 Å². The first-order valence-electron chi connectivity index (χ1n) is 8.95. The van der Waals surface area contributed by atoms with E-state index in [2.05, 4.69) is 20.6 Å². The van der Waals surface area contributed by atoms with Crippen molar-refractivity contribution in [2.24, 2.45) is 0 Å². The monoisotopic (exact) mass is 383 g/mol. The average molecular weight is 383 g/mol. The van der Waals surface area contributed by atoms with Crippen LogP contribution in [0.5, 0.6) is 5.75 Å². The van der Waals surface area contributed by atoms with E-state index < -0.39 is 11.9 Å². The maximum Gasteiger partial charge on any atom is 0.260 e. The highest BCUT2D eigenvalue weighted by Crippen LogP contribution is 2.17. The zero-order chi connectivity index (χ0) is 19.9. The molecule has 2 aromatic heterocycles. The summed E-state index contributed by atoms with van der Waals surface area (Å²) in [5.41, 5.74) is 0. The molecule has 2 N–H and O–H groups in total. The highest BCUT2D eigenvalue weighted by molar-refractivity contribution is 5.80. The lowest BCUT2D eigenvalue weighted by atomic mass is 10.3. The SMILES string of the molecule is Cc1nc(NCCNC(=O)C(C)Oc2ccccc2F)cc(-n2cccc2)n1. The molecule has 0 aliphatic carbocycles. The topological polar surface area (TPSA) is 81.1 Å². The van der Waals surface area contributed by atoms with Crippen LogP contribution in [0.4, 0.5) is 10.2 Å². The molecule has 1 atom stereocenters. The molecular formula is C20H22FN5O2. The molecule has 8 heteroatoms. The molecule has 0 saturated heterocycles. The minimum Gasteiger partial charge on any atom is -0.478 e. The minimum atomic E-state index is -0.807. The lowest BCUT2D eigenvalue weighted by Gasteiger charge is -2.15. The van der Waals surface area contributed by atoms with Crippen LogP contribution < -0.4 is 15.4 Å². The molecule has 1 amide bonds. The number of nitrogens with one attached hydrogen (secondary N) is 2. The van der Waals surface area contributed by atoms with Crippen molar-refractivity contribution in [3.8, 4) is 11.6 Å². The number of benzene rings is 1. The van der Waals surface area contributed by atoms with Gasteiger partial charge < -0.3 is 19.9 Å². The van der Waals surface area contributed by atoms with Crippen LogP contribution in [0.1, 0.15) is 12.7 Å². The number of carbonyl (C=O) groups excluding carboxylic acids is 1. The highest BCUT2D eigenvalue weighted by atomic mass is 19.1. The number of rotatable bonds is 8. The van der Waals surface area contributed by atoms with Crippen molar-refractivity contribution in [2.75, 3.05) is 18.4 Å². The van der Waals surface area contributed by atoms with Crippen LogP contribution in [0.25, 0.3) is 5.82 Å². The minimum absolute atomic E-state index is 0.0530. The number of halogens is 1. The molecule has 3 aromatic rings. The molecule has 0 bridgehead atoms. The van der Waals surface area contributed by atoms with Crippen molar-refractivity contribution in [3.63, 3.8) is 0 Å². The van der Waals surface area contributed by atoms with Gasteiger partial charge in [0, 0.05) is 31.5 Å². The summed E-state index contributed by atoms with van der Waals surface area (Å²) in [6, 6.07) is 11.7. The van der Waals surface area contributed by atoms with Crippen LogP contribution in [0, 0.1) is 12.7 Å². The third-order valence-corrected chi connectivity index (χ3v) is 3.93. The molecule has 0 spiro atoms. The zero-order valence-corrected chi connectivity index (χ0v) is 15.7. The number of nitrogens with zero attached hydrogens (tertiary/aromatic N) is 3. The Bertz CT molecular complexity index is 930. The highest BCUT2D eigenvalue weighted by Gasteiger charge is 2.15. The van der Waals surface area contributed by atoms with Crippen molar-refractivity contribution in [1.29, 1.82) is 0 Å². The summed E-state index contributed by atoms with van der Waals surface area (Å²) in [6.07, 6.45) is 3.00. The number of aromatic nitrogens is 3. The second kappa shape index (κ2) is 8.98. The number of carbonyl (C=O) groups is 1. The molecule has 28 heavy (non-hydrogen) atoms. The van der Waals surface area contributed by atoms with Gasteiger partial charge in [0.05, 0.1) is 0 Å². The van der Waals surface area contributed by atoms with Gasteiger partial charge in [-0.15, -0.1) is 0 Å². The predicted octanol–water partition coefficient (Wildman–Crippen LogP) is 2.71. The van der Waals surface area contributed by atoms with E-state index in [0.29, 0.717) is 24.7 Å². The Labute approximate surface area is 162 Å². The van der Waals surface area contributed by atoms with E-state index in [-0.39, 0.29) is 11.7 Å². The molecule has 1 unspecified atom stereocenters. The molecule has 0 saturated carbocycles. The van der Waals surface area contributed by atoms with Gasteiger partial charge in [0.15, 0.2) is 17.7 Å². The van der Waals surface area contributed by atoms with Crippen LogP contribution in [-0.4, -0.2) is 39.6 Å². The molecule has 0 radical (unpaired) electrons. The van der Waals surface area contributed by atoms with Gasteiger partial charge in [-0.3, -0.25) is 4.79 Å². The molecular weight excluding hydrogens is 361 g/mol. The maximum absolute atomic E-state index is 13.6. The van der Waals surface area contributed by atoms with Gasteiger partial charge in [0.1, 0.15) is 17.5 Å². The molecule has 146 valence electrons. The number of para-hydroxylation sites is 1. The number of ether oxygens (including phenoxy) is 1. The summed E-state index contributed by atoms with van der Waals surface area (Å²) in [5, 5.41) is 5.91. The Morgan fingerprint density at radius 3 is 2.68 bits per heavy atom. The van der Waals surface area contributed by atoms with Gasteiger partial charge in [0.25, 0.3) is 5.91 Å². The predicted molar refractivity (Wildman–Crippen MR) is 104 cm³/mol. The first-order valence-corrected chi connectivity index (χ1v) is 8.95. The molecule has 0 aliphatic heterocycles. The summed E-state index contributed by atoms with van der Waals surface area (Å²) >= 11 is 0. The van der Waals surface area contributed by atoms with Gasteiger partial charge in [0.2, 0.25) is 0 Å². The van der Waals surface area contributed by atoms with E-state index in [9.17, 15) is 9.18 Å². The van der Waals surface area contributed by atoms with Crippen molar-refractivity contribution >= 4 is 11.7 Å². The van der Waals surface area contributed by atoms with Crippen molar-refractivity contribution in [2.45, 2.75) is 20.0 Å². The van der Waals surface area contributed by atoms with Gasteiger partial charge in [-0.25, -0.2) is 14.4 Å². The van der Waals surface area contributed by atoms with Gasteiger partial charge in [-0.2, -0.15) is 0 Å². The summed E-state index contributed by atoms with van der Waals surface area (Å²) < 4.78 is 20.9. The van der Waals surface area contributed by atoms with E-state index in [0.717, 1.165) is 5.82 Å². The smallest absolute Gasteiger partial charge is 0.260 e. The Hall–Kier alpha value is -3.42. The molecule has 1 aromatic carbocycles. The largest absolute Gasteiger partial charge is 0.478 e. The molecule has 2 heterocycles. The van der Waals surface area contributed by atoms with Crippen LogP contribution >= 0.6 is 0 Å². The first-order chi connectivity index (χ1) is 13.5. The summed E-state index contributed by atoms with van der Waals surface area (Å²) in [4.78, 5) is 20.9. The first kappa shape index (κ1) is 19.3. The Balaban J connectivity index is 1.48. The van der Waals surface area contributed by atoms with E-state index >= 15 is 0 Å². The lowest BCUT2D eigenvalue weighted by Crippen LogP contribution is -2.38. The zero-order valence-electron chi connectivity index (χ0n) is 15.7. The number of aryl methyl sites for hydroxylation is 1. The molecule has 0 fully saturated rings. The quantitative estimate of drug-likeness (QED) is 0.585. The summed E-state index contributed by atoms with van der Waals surface area (Å²) in [6.45, 7) is 4.24. The van der Waals surface area contributed by atoms with Gasteiger partial charge in [-0.05, 0) is 38.1 Å². The number of hydrogen-bond acceptors (Lipinski definition) is 5. The molecule has 0 aliphatic rings. The van der Waals surface area contributed by atoms with E-state index in [1.54, 1.807) is 19.1 Å².